The number of para-hydroxylation sites is 1. The first kappa shape index (κ1) is 19.3. The molecule has 9 heteroatoms. The molecule has 0 saturated carbocycles. The number of hydrogen-bond acceptors (Lipinski definition) is 5. The highest BCUT2D eigenvalue weighted by Gasteiger charge is 2.36. The Hall–Kier alpha value is -3.62. The second-order valence-electron chi connectivity index (χ2n) is 7.85. The van der Waals surface area contributed by atoms with E-state index in [-0.39, 0.29) is 43.1 Å². The summed E-state index contributed by atoms with van der Waals surface area (Å²) in [6.07, 6.45) is 4.56. The van der Waals surface area contributed by atoms with E-state index in [2.05, 4.69) is 15.3 Å². The van der Waals surface area contributed by atoms with Gasteiger partial charge in [0.25, 0.3) is 11.8 Å². The molecule has 0 N–H and O–H groups in total. The molecule has 3 aromatic rings. The summed E-state index contributed by atoms with van der Waals surface area (Å²) in [5.74, 6) is -0.474. The quantitative estimate of drug-likeness (QED) is 0.646. The van der Waals surface area contributed by atoms with Crippen LogP contribution in [-0.4, -0.2) is 62.0 Å². The average molecular weight is 420 g/mol. The number of rotatable bonds is 4. The van der Waals surface area contributed by atoms with Crippen LogP contribution in [0.3, 0.4) is 0 Å². The summed E-state index contributed by atoms with van der Waals surface area (Å²) in [7, 11) is 0. The van der Waals surface area contributed by atoms with Crippen LogP contribution in [0.1, 0.15) is 32.8 Å². The molecule has 2 aliphatic rings. The zero-order chi connectivity index (χ0) is 21.4. The van der Waals surface area contributed by atoms with Crippen LogP contribution in [0, 0.1) is 0 Å². The molecule has 1 saturated heterocycles. The number of amides is 2. The number of halogens is 1. The van der Waals surface area contributed by atoms with Gasteiger partial charge in [-0.3, -0.25) is 14.6 Å². The van der Waals surface area contributed by atoms with E-state index in [0.717, 1.165) is 17.7 Å². The maximum absolute atomic E-state index is 14.2. The molecular formula is C22H21FN6O2. The highest BCUT2D eigenvalue weighted by molar-refractivity contribution is 6.05. The standard InChI is InChI=1S/C22H21FN6O2/c23-17-10-18(29(12-17)21(30)16-5-3-8-24-11-16)13-27-14-19(25-26-27)22(31)28-9-7-15-4-1-2-6-20(15)28/h1-6,8,11,14,17-18H,7,9-10,12-13H2/t17-,18-/m0/s1. The van der Waals surface area contributed by atoms with Gasteiger partial charge >= 0.3 is 0 Å². The number of anilines is 1. The van der Waals surface area contributed by atoms with Gasteiger partial charge in [0, 0.05) is 31.0 Å². The molecule has 1 fully saturated rings. The first-order valence-electron chi connectivity index (χ1n) is 10.2. The fourth-order valence-electron chi connectivity index (χ4n) is 4.33. The lowest BCUT2D eigenvalue weighted by atomic mass is 10.2. The van der Waals surface area contributed by atoms with Crippen LogP contribution in [-0.2, 0) is 13.0 Å². The molecule has 31 heavy (non-hydrogen) atoms. The van der Waals surface area contributed by atoms with Crippen LogP contribution in [0.2, 0.25) is 0 Å². The van der Waals surface area contributed by atoms with Crippen LogP contribution in [0.15, 0.2) is 55.0 Å². The molecule has 5 rings (SSSR count). The number of nitrogens with zero attached hydrogens (tertiary/aromatic N) is 6. The summed E-state index contributed by atoms with van der Waals surface area (Å²) < 4.78 is 15.7. The molecule has 2 aromatic heterocycles. The minimum atomic E-state index is -1.10. The molecule has 2 aliphatic heterocycles. The first-order valence-corrected chi connectivity index (χ1v) is 10.2. The Balaban J connectivity index is 1.31. The fourth-order valence-corrected chi connectivity index (χ4v) is 4.33. The summed E-state index contributed by atoms with van der Waals surface area (Å²) in [5.41, 5.74) is 2.68. The van der Waals surface area contributed by atoms with E-state index in [1.54, 1.807) is 29.4 Å². The lowest BCUT2D eigenvalue weighted by molar-refractivity contribution is 0.0714. The maximum atomic E-state index is 14.2. The molecule has 0 unspecified atom stereocenters. The van der Waals surface area contributed by atoms with Crippen LogP contribution < -0.4 is 4.90 Å². The number of hydrogen-bond donors (Lipinski definition) is 0. The topological polar surface area (TPSA) is 84.2 Å². The van der Waals surface area contributed by atoms with Crippen molar-refractivity contribution < 1.29 is 14.0 Å². The van der Waals surface area contributed by atoms with Crippen molar-refractivity contribution in [1.82, 2.24) is 24.9 Å². The van der Waals surface area contributed by atoms with E-state index in [4.69, 9.17) is 0 Å². The maximum Gasteiger partial charge on any atom is 0.280 e. The number of carbonyl (C=O) groups excluding carboxylic acids is 2. The van der Waals surface area contributed by atoms with E-state index in [9.17, 15) is 14.0 Å². The van der Waals surface area contributed by atoms with E-state index in [1.165, 1.54) is 15.8 Å². The van der Waals surface area contributed by atoms with Crippen molar-refractivity contribution in [2.75, 3.05) is 18.0 Å². The smallest absolute Gasteiger partial charge is 0.280 e. The summed E-state index contributed by atoms with van der Waals surface area (Å²) in [4.78, 5) is 32.9. The predicted octanol–water partition coefficient (Wildman–Crippen LogP) is 2.13. The highest BCUT2D eigenvalue weighted by atomic mass is 19.1. The van der Waals surface area contributed by atoms with Gasteiger partial charge in [-0.25, -0.2) is 9.07 Å². The molecule has 158 valence electrons. The largest absolute Gasteiger partial charge is 0.331 e. The van der Waals surface area contributed by atoms with Crippen LogP contribution in [0.5, 0.6) is 0 Å². The Labute approximate surface area is 178 Å². The Morgan fingerprint density at radius 1 is 1.13 bits per heavy atom. The highest BCUT2D eigenvalue weighted by Crippen LogP contribution is 2.29. The van der Waals surface area contributed by atoms with Gasteiger partial charge in [-0.05, 0) is 30.2 Å². The SMILES string of the molecule is O=C(c1cn(C[C@@H]2C[C@H](F)CN2C(=O)c2cccnc2)nn1)N1CCc2ccccc21. The van der Waals surface area contributed by atoms with E-state index in [0.29, 0.717) is 12.1 Å². The number of likely N-dealkylation sites (tertiary alicyclic amines) is 1. The number of carbonyl (C=O) groups is 2. The summed E-state index contributed by atoms with van der Waals surface area (Å²) in [5, 5.41) is 8.10. The monoisotopic (exact) mass is 420 g/mol. The van der Waals surface area contributed by atoms with E-state index >= 15 is 0 Å². The molecule has 2 amide bonds. The molecule has 0 radical (unpaired) electrons. The Kier molecular flexibility index (Phi) is 4.93. The molecule has 0 aliphatic carbocycles. The number of alkyl halides is 1. The molecule has 4 heterocycles. The third-order valence-electron chi connectivity index (χ3n) is 5.82. The van der Waals surface area contributed by atoms with Crippen molar-refractivity contribution in [3.63, 3.8) is 0 Å². The summed E-state index contributed by atoms with van der Waals surface area (Å²) in [6.45, 7) is 0.900. The number of pyridine rings is 1. The number of aromatic nitrogens is 4. The van der Waals surface area contributed by atoms with Crippen LogP contribution in [0.4, 0.5) is 10.1 Å². The van der Waals surface area contributed by atoms with Crippen LogP contribution in [0.25, 0.3) is 0 Å². The Bertz CT molecular complexity index is 1120. The predicted molar refractivity (Wildman–Crippen MR) is 110 cm³/mol. The van der Waals surface area contributed by atoms with Gasteiger partial charge in [0.15, 0.2) is 5.69 Å². The molecular weight excluding hydrogens is 399 g/mol. The van der Waals surface area contributed by atoms with Crippen molar-refractivity contribution in [3.8, 4) is 0 Å². The van der Waals surface area contributed by atoms with E-state index in [1.807, 2.05) is 24.3 Å². The second-order valence-corrected chi connectivity index (χ2v) is 7.85. The van der Waals surface area contributed by atoms with Crippen molar-refractivity contribution in [3.05, 3.63) is 71.8 Å². The van der Waals surface area contributed by atoms with Gasteiger partial charge in [-0.1, -0.05) is 23.4 Å². The number of fused-ring (bicyclic) bond motifs is 1. The van der Waals surface area contributed by atoms with Crippen molar-refractivity contribution in [2.45, 2.75) is 31.6 Å². The Morgan fingerprint density at radius 3 is 2.84 bits per heavy atom. The summed E-state index contributed by atoms with van der Waals surface area (Å²) >= 11 is 0. The van der Waals surface area contributed by atoms with Gasteiger partial charge in [0.05, 0.1) is 30.9 Å². The lowest BCUT2D eigenvalue weighted by Crippen LogP contribution is -2.38. The average Bonchev–Trinajstić information content (AvgIpc) is 3.52. The van der Waals surface area contributed by atoms with Gasteiger partial charge in [-0.15, -0.1) is 5.10 Å². The van der Waals surface area contributed by atoms with Crippen molar-refractivity contribution >= 4 is 17.5 Å². The minimum absolute atomic E-state index is 0.0312. The third kappa shape index (κ3) is 3.67. The van der Waals surface area contributed by atoms with Crippen LogP contribution >= 0.6 is 0 Å². The lowest BCUT2D eigenvalue weighted by Gasteiger charge is -2.24. The molecule has 0 spiro atoms. The zero-order valence-electron chi connectivity index (χ0n) is 16.8. The van der Waals surface area contributed by atoms with E-state index < -0.39 is 6.17 Å². The molecule has 1 aromatic carbocycles. The third-order valence-corrected chi connectivity index (χ3v) is 5.82. The fraction of sp³-hybridized carbons (Fsp3) is 0.318. The van der Waals surface area contributed by atoms with Gasteiger partial charge in [0.2, 0.25) is 0 Å². The first-order chi connectivity index (χ1) is 15.1. The summed E-state index contributed by atoms with van der Waals surface area (Å²) in [6, 6.07) is 10.8. The molecule has 0 bridgehead atoms. The normalized spacial score (nSPS) is 20.2. The van der Waals surface area contributed by atoms with Gasteiger partial charge in [-0.2, -0.15) is 0 Å². The number of benzene rings is 1. The van der Waals surface area contributed by atoms with Crippen molar-refractivity contribution in [1.29, 1.82) is 0 Å². The Morgan fingerprint density at radius 2 is 2.00 bits per heavy atom. The second kappa shape index (κ2) is 7.90. The zero-order valence-corrected chi connectivity index (χ0v) is 16.8. The molecule has 8 nitrogen and oxygen atoms in total. The van der Waals surface area contributed by atoms with Gasteiger partial charge < -0.3 is 9.80 Å². The van der Waals surface area contributed by atoms with Gasteiger partial charge in [0.1, 0.15) is 6.17 Å². The van der Waals surface area contributed by atoms with Crippen molar-refractivity contribution in [2.24, 2.45) is 0 Å². The molecule has 2 atom stereocenters. The minimum Gasteiger partial charge on any atom is -0.331 e.